The van der Waals surface area contributed by atoms with Crippen LogP contribution in [0.25, 0.3) is 11.1 Å². The molecule has 1 nitrogen and oxygen atoms in total. The van der Waals surface area contributed by atoms with Crippen LogP contribution in [0.1, 0.15) is 5.56 Å². The van der Waals surface area contributed by atoms with E-state index >= 15 is 0 Å². The first-order valence-electron chi connectivity index (χ1n) is 5.86. The van der Waals surface area contributed by atoms with E-state index in [-0.39, 0.29) is 6.07 Å². The van der Waals surface area contributed by atoms with Crippen molar-refractivity contribution in [3.63, 3.8) is 0 Å². The van der Waals surface area contributed by atoms with Crippen LogP contribution in [0.15, 0.2) is 6.07 Å². The molecule has 0 aliphatic heterocycles. The third-order valence-electron chi connectivity index (χ3n) is 3.16. The molecule has 0 bridgehead atoms. The molecule has 0 saturated heterocycles. The summed E-state index contributed by atoms with van der Waals surface area (Å²) in [7, 11) is 5.90. The molecule has 114 valence electrons. The Labute approximate surface area is 122 Å². The van der Waals surface area contributed by atoms with E-state index in [0.717, 1.165) is 14.0 Å². The normalized spacial score (nSPS) is 10.9. The molecule has 0 heterocycles. The number of rotatable bonds is 2. The molecule has 0 N–H and O–H groups in total. The van der Waals surface area contributed by atoms with E-state index in [0.29, 0.717) is 0 Å². The smallest absolute Gasteiger partial charge is 0.170 e. The van der Waals surface area contributed by atoms with E-state index in [1.807, 2.05) is 0 Å². The Morgan fingerprint density at radius 1 is 0.818 bits per heavy atom. The van der Waals surface area contributed by atoms with E-state index in [1.54, 1.807) is 0 Å². The molecule has 2 radical (unpaired) electrons. The van der Waals surface area contributed by atoms with Crippen LogP contribution in [0.2, 0.25) is 0 Å². The van der Waals surface area contributed by atoms with Crippen molar-refractivity contribution in [2.45, 2.75) is 6.92 Å². The van der Waals surface area contributed by atoms with Gasteiger partial charge in [0, 0.05) is 11.6 Å². The van der Waals surface area contributed by atoms with Gasteiger partial charge in [0.1, 0.15) is 25.3 Å². The molecule has 0 aromatic heterocycles. The van der Waals surface area contributed by atoms with Gasteiger partial charge in [0.2, 0.25) is 0 Å². The summed E-state index contributed by atoms with van der Waals surface area (Å²) in [5, 5.41) is 0. The second-order valence-electron chi connectivity index (χ2n) is 4.42. The monoisotopic (exact) mass is 316 g/mol. The van der Waals surface area contributed by atoms with Crippen LogP contribution in [0.5, 0.6) is 5.75 Å². The summed E-state index contributed by atoms with van der Waals surface area (Å²) in [6, 6.07) is 0.277. The number of ether oxygens (including phenoxy) is 1. The van der Waals surface area contributed by atoms with Crippen LogP contribution in [-0.2, 0) is 0 Å². The van der Waals surface area contributed by atoms with Gasteiger partial charge in [-0.3, -0.25) is 0 Å². The second-order valence-corrected chi connectivity index (χ2v) is 4.42. The minimum atomic E-state index is -1.82. The molecule has 0 atom stereocenters. The fraction of sp³-hybridized carbons (Fsp3) is 0.143. The van der Waals surface area contributed by atoms with Gasteiger partial charge in [-0.15, -0.1) is 0 Å². The average Bonchev–Trinajstić information content (AvgIpc) is 2.48. The largest absolute Gasteiger partial charge is 0.493 e. The summed E-state index contributed by atoms with van der Waals surface area (Å²) >= 11 is 0. The van der Waals surface area contributed by atoms with Gasteiger partial charge in [-0.25, -0.2) is 26.3 Å². The van der Waals surface area contributed by atoms with Crippen molar-refractivity contribution in [3.8, 4) is 16.9 Å². The zero-order chi connectivity index (χ0) is 16.8. The van der Waals surface area contributed by atoms with Crippen molar-refractivity contribution in [2.24, 2.45) is 0 Å². The van der Waals surface area contributed by atoms with Crippen LogP contribution in [0.4, 0.5) is 26.3 Å². The highest BCUT2D eigenvalue weighted by molar-refractivity contribution is 6.33. The van der Waals surface area contributed by atoms with Crippen molar-refractivity contribution in [1.29, 1.82) is 0 Å². The lowest BCUT2D eigenvalue weighted by atomic mass is 9.89. The van der Waals surface area contributed by atoms with Gasteiger partial charge in [-0.1, -0.05) is 0 Å². The first-order chi connectivity index (χ1) is 10.2. The zero-order valence-electron chi connectivity index (χ0n) is 11.3. The first kappa shape index (κ1) is 16.3. The molecular formula is C14H7BF6O. The maximum Gasteiger partial charge on any atom is 0.170 e. The van der Waals surface area contributed by atoms with Gasteiger partial charge in [0.25, 0.3) is 0 Å². The highest BCUT2D eigenvalue weighted by atomic mass is 19.2. The molecule has 22 heavy (non-hydrogen) atoms. The quantitative estimate of drug-likeness (QED) is 0.469. The third-order valence-corrected chi connectivity index (χ3v) is 3.16. The third kappa shape index (κ3) is 2.22. The van der Waals surface area contributed by atoms with Crippen molar-refractivity contribution in [1.82, 2.24) is 0 Å². The molecule has 8 heteroatoms. The lowest BCUT2D eigenvalue weighted by Gasteiger charge is -2.16. The average molecular weight is 316 g/mol. The van der Waals surface area contributed by atoms with Crippen molar-refractivity contribution < 1.29 is 31.1 Å². The number of hydrogen-bond acceptors (Lipinski definition) is 1. The molecular weight excluding hydrogens is 309 g/mol. The van der Waals surface area contributed by atoms with Gasteiger partial charge >= 0.3 is 0 Å². The summed E-state index contributed by atoms with van der Waals surface area (Å²) in [5.41, 5.74) is -4.14. The molecule has 2 aromatic carbocycles. The summed E-state index contributed by atoms with van der Waals surface area (Å²) in [4.78, 5) is 0. The first-order valence-corrected chi connectivity index (χ1v) is 5.86. The van der Waals surface area contributed by atoms with E-state index in [1.165, 1.54) is 0 Å². The van der Waals surface area contributed by atoms with Crippen molar-refractivity contribution >= 4 is 13.3 Å². The van der Waals surface area contributed by atoms with Crippen LogP contribution >= 0.6 is 0 Å². The highest BCUT2D eigenvalue weighted by Crippen LogP contribution is 2.39. The molecule has 0 saturated carbocycles. The number of benzene rings is 2. The van der Waals surface area contributed by atoms with Crippen LogP contribution < -0.4 is 10.2 Å². The van der Waals surface area contributed by atoms with Crippen molar-refractivity contribution in [2.75, 3.05) is 7.11 Å². The van der Waals surface area contributed by atoms with Crippen LogP contribution in [-0.4, -0.2) is 15.0 Å². The van der Waals surface area contributed by atoms with Crippen LogP contribution in [0.3, 0.4) is 0 Å². The fourth-order valence-electron chi connectivity index (χ4n) is 1.99. The molecule has 0 spiro atoms. The topological polar surface area (TPSA) is 9.23 Å². The minimum Gasteiger partial charge on any atom is -0.493 e. The van der Waals surface area contributed by atoms with Gasteiger partial charge in [0.15, 0.2) is 23.2 Å². The molecule has 0 fully saturated rings. The Kier molecular flexibility index (Phi) is 4.13. The van der Waals surface area contributed by atoms with E-state index < -0.39 is 62.8 Å². The number of halogens is 6. The summed E-state index contributed by atoms with van der Waals surface area (Å²) < 4.78 is 87.2. The van der Waals surface area contributed by atoms with Crippen molar-refractivity contribution in [3.05, 3.63) is 46.5 Å². The molecule has 2 aromatic rings. The Morgan fingerprint density at radius 2 is 1.41 bits per heavy atom. The lowest BCUT2D eigenvalue weighted by Crippen LogP contribution is -2.19. The summed E-state index contributed by atoms with van der Waals surface area (Å²) in [6.07, 6.45) is 0. The van der Waals surface area contributed by atoms with E-state index in [9.17, 15) is 26.3 Å². The molecule has 0 unspecified atom stereocenters. The van der Waals surface area contributed by atoms with Gasteiger partial charge < -0.3 is 4.74 Å². The SMILES string of the molecule is [B]c1c(F)c(F)c(-c2c(F)cc(F)c(C)c2F)c(OC)c1F. The Hall–Kier alpha value is -2.12. The molecule has 0 aliphatic rings. The minimum absolute atomic E-state index is 0.277. The Morgan fingerprint density at radius 3 is 1.95 bits per heavy atom. The van der Waals surface area contributed by atoms with Gasteiger partial charge in [-0.2, -0.15) is 0 Å². The maximum absolute atomic E-state index is 14.1. The van der Waals surface area contributed by atoms with E-state index in [2.05, 4.69) is 4.74 Å². The second kappa shape index (κ2) is 5.59. The van der Waals surface area contributed by atoms with E-state index in [4.69, 9.17) is 7.85 Å². The lowest BCUT2D eigenvalue weighted by molar-refractivity contribution is 0.381. The fourth-order valence-corrected chi connectivity index (χ4v) is 1.99. The summed E-state index contributed by atoms with van der Waals surface area (Å²) in [5.74, 6) is -10.4. The molecule has 0 aliphatic carbocycles. The van der Waals surface area contributed by atoms with Gasteiger partial charge in [-0.05, 0) is 12.4 Å². The Balaban J connectivity index is 2.99. The predicted octanol–water partition coefficient (Wildman–Crippen LogP) is 3.30. The van der Waals surface area contributed by atoms with Crippen LogP contribution in [0, 0.1) is 41.8 Å². The zero-order valence-corrected chi connectivity index (χ0v) is 11.3. The maximum atomic E-state index is 14.1. The number of methoxy groups -OCH3 is 1. The standard InChI is InChI=1S/C14H7BF6O/c1-4-5(16)3-6(17)7(10(4)18)8-11(19)12(20)9(15)13(21)14(8)22-2/h3H,1-2H3. The highest BCUT2D eigenvalue weighted by Gasteiger charge is 2.29. The van der Waals surface area contributed by atoms with Gasteiger partial charge in [0.05, 0.1) is 18.2 Å². The predicted molar refractivity (Wildman–Crippen MR) is 68.3 cm³/mol. The molecule has 2 rings (SSSR count). The summed E-state index contributed by atoms with van der Waals surface area (Å²) in [6.45, 7) is 0.960. The molecule has 0 amide bonds. The number of hydrogen-bond donors (Lipinski definition) is 0. The Bertz CT molecular complexity index is 775.